The second kappa shape index (κ2) is 14.5. The molecule has 4 aromatic carbocycles. The van der Waals surface area contributed by atoms with Crippen molar-refractivity contribution in [2.24, 2.45) is 0 Å². The average molecular weight is 501 g/mol. The summed E-state index contributed by atoms with van der Waals surface area (Å²) in [4.78, 5) is 10.6. The van der Waals surface area contributed by atoms with E-state index in [4.69, 9.17) is 24.3 Å². The summed E-state index contributed by atoms with van der Waals surface area (Å²) in [6.45, 7) is 4.82. The van der Waals surface area contributed by atoms with Gasteiger partial charge in [-0.2, -0.15) is 0 Å². The molecule has 186 valence electrons. The number of para-hydroxylation sites is 2. The molecule has 0 amide bonds. The summed E-state index contributed by atoms with van der Waals surface area (Å²) in [5.74, 6) is 3.37. The molecular weight excluding hydrogens is 467 g/mol. The number of hydrogen-bond acceptors (Lipinski definition) is 5. The highest BCUT2D eigenvalue weighted by atomic mass is 27.0. The molecule has 2 unspecified atom stereocenters. The number of rotatable bonds is 12. The van der Waals surface area contributed by atoms with E-state index in [1.807, 2.05) is 109 Å². The van der Waals surface area contributed by atoms with Crippen molar-refractivity contribution >= 4 is 17.4 Å². The SMILES string of the molecule is CC(COOOCC(C)c1cccc(Oc2ccccc2)c1)c1cccc(Oc2ccccc2)c1.[AlH3]. The van der Waals surface area contributed by atoms with E-state index in [1.165, 1.54) is 0 Å². The van der Waals surface area contributed by atoms with E-state index in [-0.39, 0.29) is 29.2 Å². The summed E-state index contributed by atoms with van der Waals surface area (Å²) in [6.07, 6.45) is 0. The van der Waals surface area contributed by atoms with Crippen molar-refractivity contribution in [3.8, 4) is 23.0 Å². The van der Waals surface area contributed by atoms with E-state index in [0.29, 0.717) is 13.2 Å². The molecule has 0 bridgehead atoms. The fraction of sp³-hybridized carbons (Fsp3) is 0.200. The van der Waals surface area contributed by atoms with Crippen LogP contribution in [0.2, 0.25) is 0 Å². The number of ether oxygens (including phenoxy) is 2. The highest BCUT2D eigenvalue weighted by Gasteiger charge is 2.11. The molecule has 0 N–H and O–H groups in total. The first-order valence-corrected chi connectivity index (χ1v) is 11.7. The third kappa shape index (κ3) is 8.53. The van der Waals surface area contributed by atoms with Crippen molar-refractivity contribution in [1.82, 2.24) is 0 Å². The van der Waals surface area contributed by atoms with E-state index in [2.05, 4.69) is 13.8 Å². The predicted octanol–water partition coefficient (Wildman–Crippen LogP) is 6.87. The van der Waals surface area contributed by atoms with E-state index in [0.717, 1.165) is 34.1 Å². The molecule has 0 aliphatic rings. The quantitative estimate of drug-likeness (QED) is 0.0919. The molecule has 0 aliphatic carbocycles. The van der Waals surface area contributed by atoms with Crippen LogP contribution in [0.25, 0.3) is 0 Å². The second-order valence-electron chi connectivity index (χ2n) is 8.41. The molecule has 0 heterocycles. The van der Waals surface area contributed by atoms with Gasteiger partial charge in [-0.25, -0.2) is 9.78 Å². The van der Waals surface area contributed by atoms with Gasteiger partial charge >= 0.3 is 0 Å². The summed E-state index contributed by atoms with van der Waals surface area (Å²) >= 11 is 0. The predicted molar refractivity (Wildman–Crippen MR) is 146 cm³/mol. The molecule has 0 aromatic heterocycles. The largest absolute Gasteiger partial charge is 0.457 e. The molecule has 4 aromatic rings. The lowest BCUT2D eigenvalue weighted by Gasteiger charge is -2.15. The van der Waals surface area contributed by atoms with Crippen LogP contribution >= 0.6 is 0 Å². The van der Waals surface area contributed by atoms with Crippen LogP contribution in [0, 0.1) is 0 Å². The Morgan fingerprint density at radius 3 is 1.31 bits per heavy atom. The first-order valence-electron chi connectivity index (χ1n) is 11.7. The van der Waals surface area contributed by atoms with Gasteiger partial charge < -0.3 is 9.47 Å². The van der Waals surface area contributed by atoms with E-state index >= 15 is 0 Å². The van der Waals surface area contributed by atoms with Crippen molar-refractivity contribution in [2.45, 2.75) is 25.7 Å². The van der Waals surface area contributed by atoms with Gasteiger partial charge in [-0.05, 0) is 59.7 Å². The van der Waals surface area contributed by atoms with Gasteiger partial charge in [-0.15, -0.1) is 0 Å². The van der Waals surface area contributed by atoms with E-state index in [1.54, 1.807) is 0 Å². The van der Waals surface area contributed by atoms with Gasteiger partial charge in [0.15, 0.2) is 17.4 Å². The summed E-state index contributed by atoms with van der Waals surface area (Å²) in [6, 6.07) is 35.3. The Hall–Kier alpha value is -3.11. The van der Waals surface area contributed by atoms with Gasteiger partial charge in [0, 0.05) is 11.8 Å². The minimum Gasteiger partial charge on any atom is -0.457 e. The first kappa shape index (κ1) is 27.5. The summed E-state index contributed by atoms with van der Waals surface area (Å²) < 4.78 is 11.8. The van der Waals surface area contributed by atoms with Crippen molar-refractivity contribution in [1.29, 1.82) is 0 Å². The maximum absolute atomic E-state index is 5.92. The summed E-state index contributed by atoms with van der Waals surface area (Å²) in [7, 11) is 0. The van der Waals surface area contributed by atoms with E-state index < -0.39 is 0 Å². The third-order valence-electron chi connectivity index (χ3n) is 5.54. The Bertz CT molecular complexity index is 1080. The smallest absolute Gasteiger partial charge is 0.187 e. The monoisotopic (exact) mass is 500 g/mol. The van der Waals surface area contributed by atoms with Crippen LogP contribution in [-0.2, 0) is 14.8 Å². The maximum Gasteiger partial charge on any atom is 0.187 e. The van der Waals surface area contributed by atoms with E-state index in [9.17, 15) is 0 Å². The fourth-order valence-corrected chi connectivity index (χ4v) is 3.50. The third-order valence-corrected chi connectivity index (χ3v) is 5.54. The molecule has 36 heavy (non-hydrogen) atoms. The van der Waals surface area contributed by atoms with Crippen molar-refractivity contribution in [2.75, 3.05) is 13.2 Å². The Labute approximate surface area is 223 Å². The molecule has 0 saturated carbocycles. The van der Waals surface area contributed by atoms with Crippen LogP contribution in [-0.4, -0.2) is 30.6 Å². The molecular formula is C30H33AlO5. The lowest BCUT2D eigenvalue weighted by atomic mass is 10.0. The zero-order valence-electron chi connectivity index (χ0n) is 20.0. The minimum atomic E-state index is 0. The van der Waals surface area contributed by atoms with Crippen LogP contribution in [0.5, 0.6) is 23.0 Å². The number of hydrogen-bond donors (Lipinski definition) is 0. The van der Waals surface area contributed by atoms with Gasteiger partial charge in [0.25, 0.3) is 0 Å². The summed E-state index contributed by atoms with van der Waals surface area (Å²) in [5, 5.41) is 5.01. The van der Waals surface area contributed by atoms with Crippen LogP contribution in [0.1, 0.15) is 36.8 Å². The summed E-state index contributed by atoms with van der Waals surface area (Å²) in [5.41, 5.74) is 2.18. The molecule has 5 nitrogen and oxygen atoms in total. The molecule has 0 spiro atoms. The highest BCUT2D eigenvalue weighted by Crippen LogP contribution is 2.27. The zero-order chi connectivity index (χ0) is 24.3. The van der Waals surface area contributed by atoms with Crippen molar-refractivity contribution < 1.29 is 24.3 Å². The molecule has 0 aliphatic heterocycles. The molecule has 4 rings (SSSR count). The van der Waals surface area contributed by atoms with Crippen LogP contribution in [0.3, 0.4) is 0 Å². The lowest BCUT2D eigenvalue weighted by Crippen LogP contribution is -2.09. The van der Waals surface area contributed by atoms with Gasteiger partial charge in [0.2, 0.25) is 0 Å². The fourth-order valence-electron chi connectivity index (χ4n) is 3.50. The van der Waals surface area contributed by atoms with Gasteiger partial charge in [-0.3, -0.25) is 0 Å². The highest BCUT2D eigenvalue weighted by molar-refractivity contribution is 5.75. The van der Waals surface area contributed by atoms with Gasteiger partial charge in [0.1, 0.15) is 23.0 Å². The van der Waals surface area contributed by atoms with Gasteiger partial charge in [-0.1, -0.05) is 79.5 Å². The van der Waals surface area contributed by atoms with Crippen LogP contribution in [0.4, 0.5) is 0 Å². The normalized spacial score (nSPS) is 12.3. The standard InChI is InChI=1S/C30H30O5.Al.3H/c1-23(25-11-9-17-29(19-25)33-27-13-5-3-6-14-27)21-31-35-32-22-24(2)26-12-10-18-30(20-26)34-28-15-7-4-8-16-28;;;;/h3-20,23-24H,21-22H2,1-2H3;;;;. The molecule has 6 heteroatoms. The zero-order valence-corrected chi connectivity index (χ0v) is 20.0. The minimum absolute atomic E-state index is 0. The molecule has 2 atom stereocenters. The van der Waals surface area contributed by atoms with Crippen LogP contribution in [0.15, 0.2) is 109 Å². The molecule has 0 saturated heterocycles. The van der Waals surface area contributed by atoms with Gasteiger partial charge in [0.05, 0.1) is 13.2 Å². The van der Waals surface area contributed by atoms with Crippen molar-refractivity contribution in [3.05, 3.63) is 120 Å². The Balaban J connectivity index is 0.00000361. The number of benzene rings is 4. The Kier molecular flexibility index (Phi) is 11.0. The first-order chi connectivity index (χ1) is 17.2. The Morgan fingerprint density at radius 1 is 0.500 bits per heavy atom. The average Bonchev–Trinajstić information content (AvgIpc) is 2.90. The van der Waals surface area contributed by atoms with Crippen LogP contribution < -0.4 is 9.47 Å². The second-order valence-corrected chi connectivity index (χ2v) is 8.41. The lowest BCUT2D eigenvalue weighted by molar-refractivity contribution is -0.514. The maximum atomic E-state index is 5.92. The molecule has 0 fully saturated rings. The molecule has 0 radical (unpaired) electrons. The van der Waals surface area contributed by atoms with Crippen molar-refractivity contribution in [3.63, 3.8) is 0 Å². The topological polar surface area (TPSA) is 46.2 Å². The Morgan fingerprint density at radius 2 is 0.889 bits per heavy atom.